The number of aromatic nitrogens is 2. The van der Waals surface area contributed by atoms with Crippen LogP contribution in [-0.2, 0) is 17.6 Å². The summed E-state index contributed by atoms with van der Waals surface area (Å²) in [4.78, 5) is 12.0. The molecule has 0 bridgehead atoms. The number of carbonyl (C=O) groups is 1. The number of methoxy groups -OCH3 is 1. The molecule has 116 valence electrons. The zero-order valence-corrected chi connectivity index (χ0v) is 12.5. The molecule has 0 fully saturated rings. The van der Waals surface area contributed by atoms with Crippen molar-refractivity contribution in [1.29, 1.82) is 0 Å². The molecule has 2 heterocycles. The molecular weight excluding hydrogens is 282 g/mol. The number of ether oxygens (including phenoxy) is 2. The highest BCUT2D eigenvalue weighted by Crippen LogP contribution is 2.34. The van der Waals surface area contributed by atoms with E-state index in [4.69, 9.17) is 9.47 Å². The van der Waals surface area contributed by atoms with E-state index in [9.17, 15) is 4.79 Å². The van der Waals surface area contributed by atoms with Crippen LogP contribution in [-0.4, -0.2) is 35.9 Å². The van der Waals surface area contributed by atoms with Crippen LogP contribution in [0.25, 0.3) is 0 Å². The number of fused-ring (bicyclic) bond motifs is 1. The number of aryl methyl sites for hydroxylation is 1. The molecule has 2 aromatic rings. The molecule has 0 aliphatic carbocycles. The third-order valence-electron chi connectivity index (χ3n) is 3.74. The summed E-state index contributed by atoms with van der Waals surface area (Å²) in [6.45, 7) is 0.463. The zero-order valence-electron chi connectivity index (χ0n) is 12.5. The second kappa shape index (κ2) is 6.51. The molecule has 3 rings (SSSR count). The molecule has 1 amide bonds. The SMILES string of the molecule is COc1cccc2c1OC[C@@H](NC(=O)CCc1cn[nH]c1)C2. The van der Waals surface area contributed by atoms with Crippen molar-refractivity contribution >= 4 is 5.91 Å². The average molecular weight is 301 g/mol. The lowest BCUT2D eigenvalue weighted by atomic mass is 10.0. The fraction of sp³-hybridized carbons (Fsp3) is 0.375. The van der Waals surface area contributed by atoms with Crippen LogP contribution in [0.1, 0.15) is 17.5 Å². The van der Waals surface area contributed by atoms with Gasteiger partial charge in [0.15, 0.2) is 11.5 Å². The summed E-state index contributed by atoms with van der Waals surface area (Å²) in [5.41, 5.74) is 2.09. The van der Waals surface area contributed by atoms with Crippen molar-refractivity contribution in [2.24, 2.45) is 0 Å². The summed E-state index contributed by atoms with van der Waals surface area (Å²) in [5, 5.41) is 9.64. The van der Waals surface area contributed by atoms with Crippen molar-refractivity contribution in [3.8, 4) is 11.5 Å². The summed E-state index contributed by atoms with van der Waals surface area (Å²) in [7, 11) is 1.63. The Morgan fingerprint density at radius 3 is 3.23 bits per heavy atom. The van der Waals surface area contributed by atoms with Crippen LogP contribution in [0.3, 0.4) is 0 Å². The van der Waals surface area contributed by atoms with E-state index in [1.807, 2.05) is 18.2 Å². The van der Waals surface area contributed by atoms with Crippen molar-refractivity contribution in [1.82, 2.24) is 15.5 Å². The molecule has 22 heavy (non-hydrogen) atoms. The summed E-state index contributed by atoms with van der Waals surface area (Å²) < 4.78 is 11.0. The third-order valence-corrected chi connectivity index (χ3v) is 3.74. The van der Waals surface area contributed by atoms with E-state index in [2.05, 4.69) is 15.5 Å². The standard InChI is InChI=1S/C16H19N3O3/c1-21-14-4-2-3-12-7-13(10-22-16(12)14)19-15(20)6-5-11-8-17-18-9-11/h2-4,8-9,13H,5-7,10H2,1H3,(H,17,18)(H,19,20)/t13-/m0/s1. The van der Waals surface area contributed by atoms with Gasteiger partial charge in [0.05, 0.1) is 19.3 Å². The monoisotopic (exact) mass is 301 g/mol. The Hall–Kier alpha value is -2.50. The summed E-state index contributed by atoms with van der Waals surface area (Å²) >= 11 is 0. The first-order chi connectivity index (χ1) is 10.8. The number of hydrogen-bond donors (Lipinski definition) is 2. The first-order valence-electron chi connectivity index (χ1n) is 7.32. The van der Waals surface area contributed by atoms with E-state index in [1.54, 1.807) is 19.5 Å². The number of hydrogen-bond acceptors (Lipinski definition) is 4. The van der Waals surface area contributed by atoms with Gasteiger partial charge in [-0.3, -0.25) is 9.89 Å². The predicted octanol–water partition coefficient (Wildman–Crippen LogP) is 1.47. The zero-order chi connectivity index (χ0) is 15.4. The van der Waals surface area contributed by atoms with E-state index in [-0.39, 0.29) is 11.9 Å². The van der Waals surface area contributed by atoms with Gasteiger partial charge in [0.2, 0.25) is 5.91 Å². The van der Waals surface area contributed by atoms with Gasteiger partial charge in [-0.1, -0.05) is 12.1 Å². The first-order valence-corrected chi connectivity index (χ1v) is 7.32. The fourth-order valence-corrected chi connectivity index (χ4v) is 2.62. The molecule has 0 spiro atoms. The molecule has 0 saturated carbocycles. The highest BCUT2D eigenvalue weighted by atomic mass is 16.5. The Bertz CT molecular complexity index is 640. The molecule has 1 aliphatic rings. The summed E-state index contributed by atoms with van der Waals surface area (Å²) in [6.07, 6.45) is 5.42. The average Bonchev–Trinajstić information content (AvgIpc) is 3.05. The van der Waals surface area contributed by atoms with Crippen molar-refractivity contribution in [3.05, 3.63) is 41.7 Å². The Morgan fingerprint density at radius 2 is 2.45 bits per heavy atom. The van der Waals surface area contributed by atoms with Gasteiger partial charge >= 0.3 is 0 Å². The molecule has 1 aromatic heterocycles. The number of carbonyl (C=O) groups excluding carboxylic acids is 1. The van der Waals surface area contributed by atoms with Gasteiger partial charge in [0.25, 0.3) is 0 Å². The molecule has 1 aliphatic heterocycles. The van der Waals surface area contributed by atoms with Gasteiger partial charge in [0.1, 0.15) is 6.61 Å². The lowest BCUT2D eigenvalue weighted by Gasteiger charge is -2.27. The van der Waals surface area contributed by atoms with Crippen molar-refractivity contribution in [2.45, 2.75) is 25.3 Å². The summed E-state index contributed by atoms with van der Waals surface area (Å²) in [6, 6.07) is 5.81. The molecule has 0 radical (unpaired) electrons. The largest absolute Gasteiger partial charge is 0.493 e. The number of nitrogens with zero attached hydrogens (tertiary/aromatic N) is 1. The fourth-order valence-electron chi connectivity index (χ4n) is 2.62. The minimum Gasteiger partial charge on any atom is -0.493 e. The second-order valence-corrected chi connectivity index (χ2v) is 5.33. The van der Waals surface area contributed by atoms with E-state index in [1.165, 1.54) is 0 Å². The van der Waals surface area contributed by atoms with Crippen LogP contribution < -0.4 is 14.8 Å². The van der Waals surface area contributed by atoms with Crippen molar-refractivity contribution in [3.63, 3.8) is 0 Å². The second-order valence-electron chi connectivity index (χ2n) is 5.33. The van der Waals surface area contributed by atoms with Gasteiger partial charge in [0, 0.05) is 18.2 Å². The summed E-state index contributed by atoms with van der Waals surface area (Å²) in [5.74, 6) is 1.55. The number of rotatable bonds is 5. The Kier molecular flexibility index (Phi) is 4.27. The smallest absolute Gasteiger partial charge is 0.220 e. The number of nitrogens with one attached hydrogen (secondary N) is 2. The van der Waals surface area contributed by atoms with Crippen LogP contribution in [0, 0.1) is 0 Å². The maximum atomic E-state index is 12.0. The minimum absolute atomic E-state index is 0.00328. The predicted molar refractivity (Wildman–Crippen MR) is 81.0 cm³/mol. The topological polar surface area (TPSA) is 76.2 Å². The van der Waals surface area contributed by atoms with Crippen molar-refractivity contribution < 1.29 is 14.3 Å². The minimum atomic E-state index is -0.00328. The Morgan fingerprint density at radius 1 is 1.55 bits per heavy atom. The van der Waals surface area contributed by atoms with Gasteiger partial charge in [-0.05, 0) is 24.5 Å². The quantitative estimate of drug-likeness (QED) is 0.877. The number of amides is 1. The van der Waals surface area contributed by atoms with E-state index >= 15 is 0 Å². The van der Waals surface area contributed by atoms with Crippen LogP contribution in [0.2, 0.25) is 0 Å². The Balaban J connectivity index is 1.55. The molecule has 0 saturated heterocycles. The van der Waals surface area contributed by atoms with Gasteiger partial charge in [-0.25, -0.2) is 0 Å². The van der Waals surface area contributed by atoms with Gasteiger partial charge in [-0.15, -0.1) is 0 Å². The molecule has 0 unspecified atom stereocenters. The van der Waals surface area contributed by atoms with Crippen LogP contribution in [0.4, 0.5) is 0 Å². The number of benzene rings is 1. The Labute approximate surface area is 128 Å². The third kappa shape index (κ3) is 3.21. The molecule has 1 atom stereocenters. The maximum Gasteiger partial charge on any atom is 0.220 e. The van der Waals surface area contributed by atoms with Crippen LogP contribution >= 0.6 is 0 Å². The molecule has 2 N–H and O–H groups in total. The van der Waals surface area contributed by atoms with E-state index in [0.717, 1.165) is 29.0 Å². The molecule has 6 heteroatoms. The number of aromatic amines is 1. The highest BCUT2D eigenvalue weighted by molar-refractivity contribution is 5.76. The number of para-hydroxylation sites is 1. The van der Waals surface area contributed by atoms with Crippen LogP contribution in [0.15, 0.2) is 30.6 Å². The molecule has 6 nitrogen and oxygen atoms in total. The van der Waals surface area contributed by atoms with Gasteiger partial charge < -0.3 is 14.8 Å². The number of H-pyrrole nitrogens is 1. The lowest BCUT2D eigenvalue weighted by molar-refractivity contribution is -0.122. The van der Waals surface area contributed by atoms with Crippen molar-refractivity contribution in [2.75, 3.05) is 13.7 Å². The molecule has 1 aromatic carbocycles. The van der Waals surface area contributed by atoms with Gasteiger partial charge in [-0.2, -0.15) is 5.10 Å². The van der Waals surface area contributed by atoms with Crippen LogP contribution in [0.5, 0.6) is 11.5 Å². The van der Waals surface area contributed by atoms with E-state index in [0.29, 0.717) is 19.4 Å². The first kappa shape index (κ1) is 14.4. The van der Waals surface area contributed by atoms with E-state index < -0.39 is 0 Å². The maximum absolute atomic E-state index is 12.0. The molecular formula is C16H19N3O3. The normalized spacial score (nSPS) is 16.5. The highest BCUT2D eigenvalue weighted by Gasteiger charge is 2.23. The lowest BCUT2D eigenvalue weighted by Crippen LogP contribution is -2.42.